The number of likely N-dealkylation sites (tertiary alicyclic amines) is 1. The van der Waals surface area contributed by atoms with Gasteiger partial charge in [0.15, 0.2) is 0 Å². The first kappa shape index (κ1) is 48.0. The van der Waals surface area contributed by atoms with Crippen LogP contribution in [-0.4, -0.2) is 29.5 Å². The molecular weight excluding hydrogens is 843 g/mol. The standard InChI is InChI=1S/C53H71NO2S5/c1-12-18-21-34(15-4)28-37-24-26-41(58-37)46-39-30-43(50(57-11)45-33(7)51(55)54(52(45)56)32-36(17-6)23-20-14-3)60-48(39)47(40-31-44(53(8,9)10)61-49(40)46)42-27-25-38(59-42)29-35(16-5)22-19-13-2/h24-27,30-31,34-36H,7,12-23,28-29,32H2,1-6,8-11H3/b50-45+. The van der Waals surface area contributed by atoms with Crippen LogP contribution < -0.4 is 0 Å². The summed E-state index contributed by atoms with van der Waals surface area (Å²) in [7, 11) is 0. The van der Waals surface area contributed by atoms with Gasteiger partial charge in [0.25, 0.3) is 11.8 Å². The number of unbranched alkanes of at least 4 members (excludes halogenated alkanes) is 3. The maximum absolute atomic E-state index is 14.4. The minimum absolute atomic E-state index is 0.00462. The molecule has 61 heavy (non-hydrogen) atoms. The van der Waals surface area contributed by atoms with Crippen LogP contribution in [0.4, 0.5) is 0 Å². The van der Waals surface area contributed by atoms with Gasteiger partial charge >= 0.3 is 0 Å². The number of thioether (sulfide) groups is 1. The SMILES string of the molecule is C=C1C(=O)N(CC(CC)CCCC)C(=O)/C1=C(/SC)c1cc2c(-c3ccc(CC(CC)CCCC)s3)c3sc(C(C)(C)C)cc3c(-c3ccc(CC(CC)CCCC)s3)c2s1. The van der Waals surface area contributed by atoms with E-state index in [1.165, 1.54) is 112 Å². The van der Waals surface area contributed by atoms with Crippen LogP contribution in [0.15, 0.2) is 54.1 Å². The lowest BCUT2D eigenvalue weighted by atomic mass is 9.93. The van der Waals surface area contributed by atoms with Crippen molar-refractivity contribution in [2.24, 2.45) is 17.8 Å². The van der Waals surface area contributed by atoms with E-state index in [9.17, 15) is 9.59 Å². The molecule has 0 aliphatic carbocycles. The first-order valence-corrected chi connectivity index (χ1v) is 27.9. The number of fused-ring (bicyclic) bond motifs is 2. The predicted molar refractivity (Wildman–Crippen MR) is 276 cm³/mol. The molecule has 1 saturated heterocycles. The van der Waals surface area contributed by atoms with Crippen molar-refractivity contribution in [2.45, 2.75) is 158 Å². The monoisotopic (exact) mass is 913 g/mol. The normalized spacial score (nSPS) is 16.2. The molecule has 0 saturated carbocycles. The first-order valence-electron chi connectivity index (χ1n) is 23.4. The number of hydrogen-bond donors (Lipinski definition) is 0. The fraction of sp³-hybridized carbons (Fsp3) is 0.547. The van der Waals surface area contributed by atoms with E-state index >= 15 is 0 Å². The number of rotatable bonds is 22. The molecule has 5 aromatic rings. The summed E-state index contributed by atoms with van der Waals surface area (Å²) in [6, 6.07) is 14.4. The number of thiophene rings is 4. The molecule has 1 fully saturated rings. The smallest absolute Gasteiger partial charge is 0.262 e. The minimum atomic E-state index is -0.231. The summed E-state index contributed by atoms with van der Waals surface area (Å²) in [5.41, 5.74) is 3.46. The van der Waals surface area contributed by atoms with E-state index in [4.69, 9.17) is 0 Å². The van der Waals surface area contributed by atoms with Gasteiger partial charge in [0.05, 0.1) is 5.57 Å². The Morgan fingerprint density at radius 1 is 0.672 bits per heavy atom. The van der Waals surface area contributed by atoms with Crippen molar-refractivity contribution in [3.63, 3.8) is 0 Å². The third-order valence-corrected chi connectivity index (χ3v) is 18.9. The zero-order valence-electron chi connectivity index (χ0n) is 38.8. The molecule has 2 amide bonds. The first-order chi connectivity index (χ1) is 29.3. The molecule has 0 spiro atoms. The summed E-state index contributed by atoms with van der Waals surface area (Å²) >= 11 is 9.28. The largest absolute Gasteiger partial charge is 0.274 e. The van der Waals surface area contributed by atoms with Gasteiger partial charge in [0.1, 0.15) is 0 Å². The lowest BCUT2D eigenvalue weighted by Crippen LogP contribution is -2.34. The van der Waals surface area contributed by atoms with Crippen LogP contribution in [0.25, 0.3) is 46.0 Å². The molecule has 4 aromatic heterocycles. The van der Waals surface area contributed by atoms with Gasteiger partial charge in [-0.2, -0.15) is 0 Å². The highest BCUT2D eigenvalue weighted by Crippen LogP contribution is 2.55. The summed E-state index contributed by atoms with van der Waals surface area (Å²) in [5, 5.41) is 2.58. The van der Waals surface area contributed by atoms with Gasteiger partial charge in [-0.25, -0.2) is 0 Å². The number of imide groups is 1. The zero-order valence-corrected chi connectivity index (χ0v) is 42.9. The van der Waals surface area contributed by atoms with Crippen LogP contribution in [-0.2, 0) is 27.8 Å². The van der Waals surface area contributed by atoms with E-state index in [1.54, 1.807) is 23.1 Å². The molecule has 5 heterocycles. The molecule has 330 valence electrons. The second kappa shape index (κ2) is 21.5. The summed E-state index contributed by atoms with van der Waals surface area (Å²) < 4.78 is 2.62. The van der Waals surface area contributed by atoms with E-state index in [-0.39, 0.29) is 17.2 Å². The van der Waals surface area contributed by atoms with Crippen molar-refractivity contribution in [3.05, 3.63) is 73.6 Å². The summed E-state index contributed by atoms with van der Waals surface area (Å²) in [6.07, 6.45) is 18.5. The highest BCUT2D eigenvalue weighted by atomic mass is 32.2. The van der Waals surface area contributed by atoms with Crippen LogP contribution in [0.5, 0.6) is 0 Å². The quantitative estimate of drug-likeness (QED) is 0.0513. The van der Waals surface area contributed by atoms with Gasteiger partial charge in [0, 0.05) is 77.6 Å². The second-order valence-electron chi connectivity index (χ2n) is 18.5. The Hall–Kier alpha value is -2.49. The third kappa shape index (κ3) is 10.6. The molecule has 0 N–H and O–H groups in total. The summed E-state index contributed by atoms with van der Waals surface area (Å²) in [4.78, 5) is 38.7. The molecule has 3 unspecified atom stereocenters. The van der Waals surface area contributed by atoms with Crippen molar-refractivity contribution in [1.29, 1.82) is 0 Å². The predicted octanol–water partition coefficient (Wildman–Crippen LogP) is 17.6. The Kier molecular flexibility index (Phi) is 16.9. The molecule has 1 aliphatic heterocycles. The van der Waals surface area contributed by atoms with E-state index in [0.717, 1.165) is 48.3 Å². The Morgan fingerprint density at radius 3 is 1.64 bits per heavy atom. The molecule has 1 aliphatic rings. The molecule has 0 radical (unpaired) electrons. The van der Waals surface area contributed by atoms with Crippen LogP contribution in [0, 0.1) is 17.8 Å². The topological polar surface area (TPSA) is 37.4 Å². The van der Waals surface area contributed by atoms with Crippen LogP contribution in [0.1, 0.15) is 159 Å². The van der Waals surface area contributed by atoms with Crippen LogP contribution in [0.3, 0.4) is 0 Å². The Bertz CT molecular complexity index is 2230. The third-order valence-electron chi connectivity index (χ3n) is 13.0. The average Bonchev–Trinajstić information content (AvgIpc) is 4.10. The van der Waals surface area contributed by atoms with E-state index in [0.29, 0.717) is 35.4 Å². The van der Waals surface area contributed by atoms with Gasteiger partial charge in [-0.15, -0.1) is 57.1 Å². The molecular formula is C53H71NO2S5. The van der Waals surface area contributed by atoms with Gasteiger partial charge < -0.3 is 0 Å². The number of benzene rings is 1. The number of hydrogen-bond acceptors (Lipinski definition) is 7. The molecule has 1 aromatic carbocycles. The minimum Gasteiger partial charge on any atom is -0.274 e. The highest BCUT2D eigenvalue weighted by molar-refractivity contribution is 8.08. The fourth-order valence-corrected chi connectivity index (χ4v) is 15.0. The zero-order chi connectivity index (χ0) is 44.0. The molecule has 6 rings (SSSR count). The average molecular weight is 914 g/mol. The number of nitrogens with zero attached hydrogens (tertiary/aromatic N) is 1. The van der Waals surface area contributed by atoms with E-state index in [1.807, 2.05) is 34.0 Å². The number of carbonyl (C=O) groups excluding carboxylic acids is 2. The van der Waals surface area contributed by atoms with E-state index < -0.39 is 0 Å². The Balaban J connectivity index is 1.58. The van der Waals surface area contributed by atoms with Gasteiger partial charge in [0.2, 0.25) is 0 Å². The summed E-state index contributed by atoms with van der Waals surface area (Å²) in [6.45, 7) is 25.4. The molecule has 3 nitrogen and oxygen atoms in total. The maximum atomic E-state index is 14.4. The molecule has 0 bridgehead atoms. The lowest BCUT2D eigenvalue weighted by Gasteiger charge is -2.21. The number of carbonyl (C=O) groups is 2. The highest BCUT2D eigenvalue weighted by Gasteiger charge is 2.41. The Labute approximate surface area is 388 Å². The van der Waals surface area contributed by atoms with Crippen LogP contribution in [0.2, 0.25) is 0 Å². The van der Waals surface area contributed by atoms with Gasteiger partial charge in [-0.05, 0) is 85.1 Å². The van der Waals surface area contributed by atoms with E-state index in [2.05, 4.69) is 112 Å². The fourth-order valence-electron chi connectivity index (χ4n) is 8.97. The molecule has 8 heteroatoms. The lowest BCUT2D eigenvalue weighted by molar-refractivity contribution is -0.137. The summed E-state index contributed by atoms with van der Waals surface area (Å²) in [5.74, 6) is 1.28. The Morgan fingerprint density at radius 2 is 1.16 bits per heavy atom. The maximum Gasteiger partial charge on any atom is 0.262 e. The van der Waals surface area contributed by atoms with Gasteiger partial charge in [-0.3, -0.25) is 14.5 Å². The van der Waals surface area contributed by atoms with Crippen molar-refractivity contribution >= 4 is 94.0 Å². The molecule has 3 atom stereocenters. The van der Waals surface area contributed by atoms with Crippen molar-refractivity contribution in [1.82, 2.24) is 4.90 Å². The van der Waals surface area contributed by atoms with Crippen LogP contribution >= 0.6 is 57.1 Å². The van der Waals surface area contributed by atoms with Crippen molar-refractivity contribution < 1.29 is 9.59 Å². The number of amides is 2. The second-order valence-corrected chi connectivity index (χ2v) is 23.8. The van der Waals surface area contributed by atoms with Crippen molar-refractivity contribution in [3.8, 4) is 20.9 Å². The van der Waals surface area contributed by atoms with Crippen molar-refractivity contribution in [2.75, 3.05) is 12.8 Å². The van der Waals surface area contributed by atoms with Gasteiger partial charge in [-0.1, -0.05) is 140 Å².